The first-order valence-corrected chi connectivity index (χ1v) is 8.96. The summed E-state index contributed by atoms with van der Waals surface area (Å²) in [7, 11) is 0. The lowest BCUT2D eigenvalue weighted by Crippen LogP contribution is -2.34. The van der Waals surface area contributed by atoms with Gasteiger partial charge in [0.15, 0.2) is 0 Å². The molecule has 160 valence electrons. The average Bonchev–Trinajstić information content (AvgIpc) is 2.63. The van der Waals surface area contributed by atoms with Crippen molar-refractivity contribution in [3.63, 3.8) is 0 Å². The van der Waals surface area contributed by atoms with E-state index in [1.165, 1.54) is 0 Å². The molecule has 1 aromatic heterocycles. The minimum atomic E-state index is -0.875. The zero-order valence-electron chi connectivity index (χ0n) is 15.3. The van der Waals surface area contributed by atoms with Crippen LogP contribution in [0.5, 0.6) is 0 Å². The van der Waals surface area contributed by atoms with Crippen molar-refractivity contribution in [1.29, 1.82) is 0 Å². The summed E-state index contributed by atoms with van der Waals surface area (Å²) in [6.45, 7) is 0.726. The molecule has 0 saturated carbocycles. The normalized spacial score (nSPS) is 10.9. The maximum absolute atomic E-state index is 12.1. The van der Waals surface area contributed by atoms with Crippen molar-refractivity contribution in [3.8, 4) is 0 Å². The molecule has 0 saturated heterocycles. The van der Waals surface area contributed by atoms with E-state index in [2.05, 4.69) is 10.3 Å². The number of nitrogens with two attached hydrogens (primary N) is 2. The fourth-order valence-electron chi connectivity index (χ4n) is 2.32. The highest BCUT2D eigenvalue weighted by molar-refractivity contribution is 6.32. The predicted octanol–water partition coefficient (Wildman–Crippen LogP) is 2.53. The lowest BCUT2D eigenvalue weighted by molar-refractivity contribution is -0.146. The number of hydrogen-bond donors (Lipinski definition) is 3. The van der Waals surface area contributed by atoms with E-state index in [1.807, 2.05) is 0 Å². The second kappa shape index (κ2) is 13.6. The standard InChI is InChI=1S/C18H20Cl2N4O3.2ClH/c19-15-8-12(9-16(20)24-15)10-27-18(26)14(22)7-11-2-1-3-13(6-11)17(25)23-5-4-21;;/h1-3,6,8-9,14H,4-5,7,10,21-22H2,(H,23,25);2*1H/t14-;;/m0../s1. The summed E-state index contributed by atoms with van der Waals surface area (Å²) in [5.41, 5.74) is 13.1. The SMILES string of the molecule is Cl.Cl.NCCNC(=O)c1cccc(C[C@H](N)C(=O)OCc2cc(Cl)nc(Cl)c2)c1. The van der Waals surface area contributed by atoms with E-state index >= 15 is 0 Å². The number of carbonyl (C=O) groups excluding carboxylic acids is 2. The topological polar surface area (TPSA) is 120 Å². The molecular weight excluding hydrogens is 462 g/mol. The molecule has 7 nitrogen and oxygen atoms in total. The molecule has 0 aliphatic heterocycles. The van der Waals surface area contributed by atoms with Gasteiger partial charge in [0.05, 0.1) is 0 Å². The quantitative estimate of drug-likeness (QED) is 0.392. The van der Waals surface area contributed by atoms with Crippen LogP contribution >= 0.6 is 48.0 Å². The van der Waals surface area contributed by atoms with Gasteiger partial charge >= 0.3 is 5.97 Å². The number of nitrogens with one attached hydrogen (secondary N) is 1. The summed E-state index contributed by atoms with van der Waals surface area (Å²) in [6, 6.07) is 9.10. The largest absolute Gasteiger partial charge is 0.460 e. The number of amides is 1. The number of benzene rings is 1. The van der Waals surface area contributed by atoms with Crippen LogP contribution in [0, 0.1) is 0 Å². The number of halogens is 4. The fourth-order valence-corrected chi connectivity index (χ4v) is 2.83. The van der Waals surface area contributed by atoms with Crippen LogP contribution in [0.4, 0.5) is 0 Å². The van der Waals surface area contributed by atoms with Crippen molar-refractivity contribution in [3.05, 3.63) is 63.4 Å². The van der Waals surface area contributed by atoms with Gasteiger partial charge in [0.25, 0.3) is 5.91 Å². The summed E-state index contributed by atoms with van der Waals surface area (Å²) < 4.78 is 5.20. The van der Waals surface area contributed by atoms with Crippen molar-refractivity contribution < 1.29 is 14.3 Å². The second-order valence-electron chi connectivity index (χ2n) is 5.78. The number of nitrogens with zero attached hydrogens (tertiary/aromatic N) is 1. The first-order valence-electron chi connectivity index (χ1n) is 8.20. The Hall–Kier alpha value is -1.61. The molecule has 0 aliphatic carbocycles. The molecule has 1 atom stereocenters. The van der Waals surface area contributed by atoms with E-state index in [4.69, 9.17) is 39.4 Å². The number of ether oxygens (including phenoxy) is 1. The van der Waals surface area contributed by atoms with Crippen molar-refractivity contribution in [2.45, 2.75) is 19.1 Å². The Labute approximate surface area is 191 Å². The van der Waals surface area contributed by atoms with Crippen LogP contribution in [0.15, 0.2) is 36.4 Å². The lowest BCUT2D eigenvalue weighted by Gasteiger charge is -2.13. The number of hydrogen-bond acceptors (Lipinski definition) is 6. The number of pyridine rings is 1. The Morgan fingerprint density at radius 1 is 1.10 bits per heavy atom. The molecule has 0 unspecified atom stereocenters. The van der Waals surface area contributed by atoms with E-state index in [1.54, 1.807) is 36.4 Å². The Bertz CT molecular complexity index is 803. The van der Waals surface area contributed by atoms with Crippen LogP contribution in [-0.2, 0) is 22.6 Å². The molecule has 29 heavy (non-hydrogen) atoms. The Kier molecular flexibility index (Phi) is 12.8. The maximum Gasteiger partial charge on any atom is 0.323 e. The molecule has 0 bridgehead atoms. The Balaban J connectivity index is 0.00000392. The van der Waals surface area contributed by atoms with Gasteiger partial charge in [-0.25, -0.2) is 4.98 Å². The van der Waals surface area contributed by atoms with Gasteiger partial charge in [0, 0.05) is 18.7 Å². The minimum absolute atomic E-state index is 0. The molecule has 0 spiro atoms. The Morgan fingerprint density at radius 2 is 1.76 bits per heavy atom. The summed E-state index contributed by atoms with van der Waals surface area (Å²) in [5, 5.41) is 3.11. The first-order chi connectivity index (χ1) is 12.9. The van der Waals surface area contributed by atoms with Gasteiger partial charge in [0.1, 0.15) is 23.0 Å². The van der Waals surface area contributed by atoms with Gasteiger partial charge in [-0.1, -0.05) is 35.3 Å². The average molecular weight is 484 g/mol. The molecule has 5 N–H and O–H groups in total. The maximum atomic E-state index is 12.1. The van der Waals surface area contributed by atoms with E-state index in [0.717, 1.165) is 5.56 Å². The molecule has 1 heterocycles. The molecule has 1 aromatic carbocycles. The smallest absolute Gasteiger partial charge is 0.323 e. The molecule has 11 heteroatoms. The zero-order chi connectivity index (χ0) is 19.8. The van der Waals surface area contributed by atoms with Gasteiger partial charge in [-0.05, 0) is 41.8 Å². The highest BCUT2D eigenvalue weighted by Gasteiger charge is 2.17. The van der Waals surface area contributed by atoms with Crippen molar-refractivity contribution in [2.75, 3.05) is 13.1 Å². The van der Waals surface area contributed by atoms with Gasteiger partial charge in [0.2, 0.25) is 0 Å². The predicted molar refractivity (Wildman–Crippen MR) is 118 cm³/mol. The summed E-state index contributed by atoms with van der Waals surface area (Å²) in [6.07, 6.45) is 0.231. The molecule has 2 aromatic rings. The number of rotatable bonds is 8. The fraction of sp³-hybridized carbons (Fsp3) is 0.278. The van der Waals surface area contributed by atoms with E-state index in [0.29, 0.717) is 24.2 Å². The molecule has 2 rings (SSSR count). The van der Waals surface area contributed by atoms with Gasteiger partial charge in [-0.15, -0.1) is 24.8 Å². The van der Waals surface area contributed by atoms with Gasteiger partial charge < -0.3 is 21.5 Å². The highest BCUT2D eigenvalue weighted by atomic mass is 35.5. The molecule has 1 amide bonds. The molecule has 0 aliphatic rings. The summed E-state index contributed by atoms with van der Waals surface area (Å²) in [4.78, 5) is 27.9. The number of esters is 1. The van der Waals surface area contributed by atoms with Crippen molar-refractivity contribution >= 4 is 59.9 Å². The van der Waals surface area contributed by atoms with Crippen molar-refractivity contribution in [2.24, 2.45) is 11.5 Å². The molecule has 0 radical (unpaired) electrons. The van der Waals surface area contributed by atoms with Crippen LogP contribution in [0.25, 0.3) is 0 Å². The van der Waals surface area contributed by atoms with Crippen LogP contribution < -0.4 is 16.8 Å². The van der Waals surface area contributed by atoms with Crippen LogP contribution in [0.3, 0.4) is 0 Å². The first kappa shape index (κ1) is 27.4. The third-order valence-corrected chi connectivity index (χ3v) is 3.97. The lowest BCUT2D eigenvalue weighted by atomic mass is 10.0. The summed E-state index contributed by atoms with van der Waals surface area (Å²) in [5.74, 6) is -0.804. The van der Waals surface area contributed by atoms with Gasteiger partial charge in [-0.3, -0.25) is 9.59 Å². The third-order valence-electron chi connectivity index (χ3n) is 3.58. The van der Waals surface area contributed by atoms with E-state index < -0.39 is 12.0 Å². The molecule has 0 fully saturated rings. The molecular formula is C18H22Cl4N4O3. The van der Waals surface area contributed by atoms with Crippen LogP contribution in [-0.4, -0.2) is 36.0 Å². The number of carbonyl (C=O) groups is 2. The monoisotopic (exact) mass is 482 g/mol. The number of aromatic nitrogens is 1. The van der Waals surface area contributed by atoms with Gasteiger partial charge in [-0.2, -0.15) is 0 Å². The minimum Gasteiger partial charge on any atom is -0.460 e. The Morgan fingerprint density at radius 3 is 2.38 bits per heavy atom. The zero-order valence-corrected chi connectivity index (χ0v) is 18.4. The van der Waals surface area contributed by atoms with E-state index in [9.17, 15) is 9.59 Å². The van der Waals surface area contributed by atoms with Crippen LogP contribution in [0.2, 0.25) is 10.3 Å². The summed E-state index contributed by atoms with van der Waals surface area (Å²) >= 11 is 11.6. The van der Waals surface area contributed by atoms with Crippen LogP contribution in [0.1, 0.15) is 21.5 Å². The highest BCUT2D eigenvalue weighted by Crippen LogP contribution is 2.16. The third kappa shape index (κ3) is 9.16. The van der Waals surface area contributed by atoms with E-state index in [-0.39, 0.29) is 54.1 Å². The second-order valence-corrected chi connectivity index (χ2v) is 6.56. The van der Waals surface area contributed by atoms with Crippen molar-refractivity contribution in [1.82, 2.24) is 10.3 Å².